The van der Waals surface area contributed by atoms with Gasteiger partial charge in [0.25, 0.3) is 0 Å². The molecule has 0 heterocycles. The van der Waals surface area contributed by atoms with Crippen LogP contribution in [0.4, 0.5) is 0 Å². The molecule has 0 aliphatic carbocycles. The van der Waals surface area contributed by atoms with Gasteiger partial charge in [0.05, 0.1) is 0 Å². The maximum atomic E-state index is 3.71. The second kappa shape index (κ2) is 6.77. The fourth-order valence-electron chi connectivity index (χ4n) is 0.771. The van der Waals surface area contributed by atoms with Crippen LogP contribution in [0.5, 0.6) is 0 Å². The average molecular weight is 154 g/mol. The molecule has 0 saturated heterocycles. The molecule has 0 aromatic rings. The van der Waals surface area contributed by atoms with Crippen molar-refractivity contribution in [1.29, 1.82) is 0 Å². The Labute approximate surface area is 65.1 Å². The molecule has 1 heteroatoms. The summed E-state index contributed by atoms with van der Waals surface area (Å²) in [7, 11) is 0.0849. The molecule has 0 nitrogen and oxygen atoms in total. The van der Waals surface area contributed by atoms with Gasteiger partial charge < -0.3 is 0 Å². The minimum Gasteiger partial charge on any atom is -0.103 e. The zero-order chi connectivity index (χ0) is 7.82. The highest BCUT2D eigenvalue weighted by Gasteiger charge is 1.98. The zero-order valence-corrected chi connectivity index (χ0v) is 7.32. The zero-order valence-electron chi connectivity index (χ0n) is 6.42. The van der Waals surface area contributed by atoms with Crippen LogP contribution < -0.4 is 0 Å². The highest BCUT2D eigenvalue weighted by atomic mass is 31.1. The van der Waals surface area contributed by atoms with Crippen LogP contribution in [-0.2, 0) is 0 Å². The predicted octanol–water partition coefficient (Wildman–Crippen LogP) is 3.03. The molecule has 0 rings (SSSR count). The highest BCUT2D eigenvalue weighted by molar-refractivity contribution is 7.58. The molecular weight excluding hydrogens is 139 g/mol. The van der Waals surface area contributed by atoms with Crippen molar-refractivity contribution in [1.82, 2.24) is 0 Å². The summed E-state index contributed by atoms with van der Waals surface area (Å²) in [6, 6.07) is 0. The van der Waals surface area contributed by atoms with Crippen molar-refractivity contribution < 1.29 is 0 Å². The topological polar surface area (TPSA) is 0 Å². The highest BCUT2D eigenvalue weighted by Crippen LogP contribution is 2.34. The van der Waals surface area contributed by atoms with Crippen LogP contribution in [0.1, 0.15) is 0 Å². The molecule has 0 bridgehead atoms. The molecule has 10 heavy (non-hydrogen) atoms. The first-order valence-corrected chi connectivity index (χ1v) is 5.30. The van der Waals surface area contributed by atoms with Crippen LogP contribution in [0.15, 0.2) is 38.0 Å². The van der Waals surface area contributed by atoms with Crippen molar-refractivity contribution >= 4 is 7.92 Å². The Morgan fingerprint density at radius 2 is 1.10 bits per heavy atom. The molecule has 0 spiro atoms. The number of hydrogen-bond donors (Lipinski definition) is 0. The van der Waals surface area contributed by atoms with E-state index in [-0.39, 0.29) is 7.92 Å². The van der Waals surface area contributed by atoms with Gasteiger partial charge in [-0.15, -0.1) is 19.7 Å². The number of hydrogen-bond acceptors (Lipinski definition) is 0. The van der Waals surface area contributed by atoms with Gasteiger partial charge in [0, 0.05) is 0 Å². The van der Waals surface area contributed by atoms with Crippen molar-refractivity contribution in [3.05, 3.63) is 38.0 Å². The minimum atomic E-state index is 0.0849. The van der Waals surface area contributed by atoms with Crippen molar-refractivity contribution in [3.8, 4) is 0 Å². The van der Waals surface area contributed by atoms with Crippen molar-refractivity contribution in [2.24, 2.45) is 0 Å². The van der Waals surface area contributed by atoms with Crippen LogP contribution in [-0.4, -0.2) is 18.5 Å². The van der Waals surface area contributed by atoms with E-state index in [1.54, 1.807) is 0 Å². The summed E-state index contributed by atoms with van der Waals surface area (Å²) in [6.07, 6.45) is 9.35. The lowest BCUT2D eigenvalue weighted by molar-refractivity contribution is 1.59. The first-order chi connectivity index (χ1) is 4.85. The number of rotatable bonds is 6. The molecule has 0 atom stereocenters. The fourth-order valence-corrected chi connectivity index (χ4v) is 2.31. The third-order valence-electron chi connectivity index (χ3n) is 1.16. The molecule has 0 aromatic heterocycles. The van der Waals surface area contributed by atoms with Crippen LogP contribution in [0, 0.1) is 0 Å². The van der Waals surface area contributed by atoms with Crippen molar-refractivity contribution in [3.63, 3.8) is 0 Å². The standard InChI is InChI=1S/C9H15P/c1-4-7-10(8-5-2)9-6-3/h4-6H,1-3,7-9H2. The Kier molecular flexibility index (Phi) is 6.53. The maximum absolute atomic E-state index is 3.71. The summed E-state index contributed by atoms with van der Waals surface area (Å²) in [6.45, 7) is 11.1. The van der Waals surface area contributed by atoms with E-state index < -0.39 is 0 Å². The molecular formula is C9H15P. The molecule has 0 fully saturated rings. The van der Waals surface area contributed by atoms with Gasteiger partial charge in [0.15, 0.2) is 0 Å². The smallest absolute Gasteiger partial charge is 0.0142 e. The number of allylic oxidation sites excluding steroid dienone is 3. The molecule has 0 aromatic carbocycles. The molecule has 0 saturated carbocycles. The van der Waals surface area contributed by atoms with Gasteiger partial charge in [-0.25, -0.2) is 0 Å². The maximum Gasteiger partial charge on any atom is -0.0142 e. The second-order valence-electron chi connectivity index (χ2n) is 2.08. The van der Waals surface area contributed by atoms with Crippen molar-refractivity contribution in [2.45, 2.75) is 0 Å². The van der Waals surface area contributed by atoms with E-state index in [9.17, 15) is 0 Å². The van der Waals surface area contributed by atoms with Crippen LogP contribution in [0.25, 0.3) is 0 Å². The minimum absolute atomic E-state index is 0.0849. The summed E-state index contributed by atoms with van der Waals surface area (Å²) < 4.78 is 0. The molecule has 0 radical (unpaired) electrons. The molecule has 0 aliphatic heterocycles. The molecule has 0 amide bonds. The predicted molar refractivity (Wildman–Crippen MR) is 52.1 cm³/mol. The second-order valence-corrected chi connectivity index (χ2v) is 4.52. The molecule has 0 N–H and O–H groups in total. The van der Waals surface area contributed by atoms with Gasteiger partial charge in [-0.1, -0.05) is 26.1 Å². The monoisotopic (exact) mass is 154 g/mol. The summed E-state index contributed by atoms with van der Waals surface area (Å²) >= 11 is 0. The van der Waals surface area contributed by atoms with Gasteiger partial charge >= 0.3 is 0 Å². The first-order valence-electron chi connectivity index (χ1n) is 3.40. The fraction of sp³-hybridized carbons (Fsp3) is 0.333. The van der Waals surface area contributed by atoms with Crippen LogP contribution >= 0.6 is 7.92 Å². The average Bonchev–Trinajstić information content (AvgIpc) is 1.90. The van der Waals surface area contributed by atoms with Crippen LogP contribution in [0.2, 0.25) is 0 Å². The van der Waals surface area contributed by atoms with Gasteiger partial charge in [-0.05, 0) is 18.5 Å². The normalized spacial score (nSPS) is 9.30. The lowest BCUT2D eigenvalue weighted by Gasteiger charge is -2.09. The Hall–Kier alpha value is -0.350. The SMILES string of the molecule is C=CCP(CC=C)CC=C. The van der Waals surface area contributed by atoms with E-state index in [0.717, 1.165) is 18.5 Å². The van der Waals surface area contributed by atoms with Crippen molar-refractivity contribution in [2.75, 3.05) is 18.5 Å². The Morgan fingerprint density at radius 3 is 1.30 bits per heavy atom. The van der Waals surface area contributed by atoms with E-state index >= 15 is 0 Å². The first kappa shape index (κ1) is 9.65. The Balaban J connectivity index is 3.58. The third kappa shape index (κ3) is 4.52. The lowest BCUT2D eigenvalue weighted by atomic mass is 10.7. The lowest BCUT2D eigenvalue weighted by Crippen LogP contribution is -1.87. The molecule has 0 aliphatic rings. The summed E-state index contributed by atoms with van der Waals surface area (Å²) in [5, 5.41) is 0. The van der Waals surface area contributed by atoms with E-state index in [0.29, 0.717) is 0 Å². The van der Waals surface area contributed by atoms with E-state index in [4.69, 9.17) is 0 Å². The van der Waals surface area contributed by atoms with E-state index in [2.05, 4.69) is 19.7 Å². The molecule has 56 valence electrons. The van der Waals surface area contributed by atoms with Gasteiger partial charge in [-0.3, -0.25) is 0 Å². The summed E-state index contributed by atoms with van der Waals surface area (Å²) in [4.78, 5) is 0. The van der Waals surface area contributed by atoms with Gasteiger partial charge in [-0.2, -0.15) is 0 Å². The Morgan fingerprint density at radius 1 is 0.800 bits per heavy atom. The largest absolute Gasteiger partial charge is 0.103 e. The van der Waals surface area contributed by atoms with Gasteiger partial charge in [0.2, 0.25) is 0 Å². The van der Waals surface area contributed by atoms with E-state index in [1.807, 2.05) is 18.2 Å². The summed E-state index contributed by atoms with van der Waals surface area (Å²) in [5.74, 6) is 0. The van der Waals surface area contributed by atoms with Crippen LogP contribution in [0.3, 0.4) is 0 Å². The summed E-state index contributed by atoms with van der Waals surface area (Å²) in [5.41, 5.74) is 0. The molecule has 0 unspecified atom stereocenters. The van der Waals surface area contributed by atoms with Gasteiger partial charge in [0.1, 0.15) is 0 Å². The Bertz CT molecular complexity index is 92.1. The third-order valence-corrected chi connectivity index (χ3v) is 3.49. The quantitative estimate of drug-likeness (QED) is 0.407. The van der Waals surface area contributed by atoms with E-state index in [1.165, 1.54) is 0 Å².